The summed E-state index contributed by atoms with van der Waals surface area (Å²) in [4.78, 5) is 10.4. The molecule has 106 valence electrons. The summed E-state index contributed by atoms with van der Waals surface area (Å²) in [6.07, 6.45) is 0. The van der Waals surface area contributed by atoms with Crippen molar-refractivity contribution in [3.8, 4) is 6.07 Å². The molecule has 0 aliphatic heterocycles. The van der Waals surface area contributed by atoms with Crippen molar-refractivity contribution in [2.75, 3.05) is 5.32 Å². The summed E-state index contributed by atoms with van der Waals surface area (Å²) in [5.41, 5.74) is 1.58. The molecule has 0 aliphatic rings. The number of nitriles is 1. The number of hydrogen-bond donors (Lipinski definition) is 1. The molecule has 1 N–H and O–H groups in total. The molecule has 0 bridgehead atoms. The van der Waals surface area contributed by atoms with Gasteiger partial charge in [0.1, 0.15) is 11.5 Å². The molecule has 2 aromatic rings. The third-order valence-electron chi connectivity index (χ3n) is 2.99. The number of nitrogens with zero attached hydrogens (tertiary/aromatic N) is 2. The highest BCUT2D eigenvalue weighted by atomic mass is 19.1. The van der Waals surface area contributed by atoms with Crippen molar-refractivity contribution in [1.82, 2.24) is 0 Å². The minimum atomic E-state index is -0.574. The van der Waals surface area contributed by atoms with Crippen LogP contribution in [0.4, 0.5) is 15.8 Å². The van der Waals surface area contributed by atoms with E-state index in [1.54, 1.807) is 12.1 Å². The van der Waals surface area contributed by atoms with Gasteiger partial charge in [0.05, 0.1) is 16.6 Å². The van der Waals surface area contributed by atoms with Crippen LogP contribution in [0.25, 0.3) is 0 Å². The Morgan fingerprint density at radius 2 is 2.10 bits per heavy atom. The van der Waals surface area contributed by atoms with E-state index in [9.17, 15) is 14.5 Å². The Bertz CT molecular complexity index is 738. The van der Waals surface area contributed by atoms with E-state index in [4.69, 9.17) is 5.26 Å². The van der Waals surface area contributed by atoms with Crippen molar-refractivity contribution >= 4 is 11.4 Å². The van der Waals surface area contributed by atoms with Gasteiger partial charge in [-0.15, -0.1) is 0 Å². The minimum absolute atomic E-state index is 0.125. The number of nitro groups is 1. The lowest BCUT2D eigenvalue weighted by atomic mass is 10.1. The summed E-state index contributed by atoms with van der Waals surface area (Å²) < 4.78 is 13.6. The van der Waals surface area contributed by atoms with Gasteiger partial charge in [0.25, 0.3) is 5.69 Å². The normalized spacial score (nSPS) is 9.95. The first-order valence-corrected chi connectivity index (χ1v) is 6.18. The van der Waals surface area contributed by atoms with Gasteiger partial charge < -0.3 is 5.32 Å². The number of nitro benzene ring substituents is 1. The van der Waals surface area contributed by atoms with Crippen molar-refractivity contribution in [2.24, 2.45) is 0 Å². The molecule has 0 aliphatic carbocycles. The van der Waals surface area contributed by atoms with Gasteiger partial charge in [0.15, 0.2) is 0 Å². The van der Waals surface area contributed by atoms with E-state index in [2.05, 4.69) is 5.32 Å². The molecular formula is C15H12FN3O2. The number of rotatable bonds is 4. The monoisotopic (exact) mass is 285 g/mol. The van der Waals surface area contributed by atoms with Crippen molar-refractivity contribution < 1.29 is 9.31 Å². The quantitative estimate of drug-likeness (QED) is 0.688. The van der Waals surface area contributed by atoms with E-state index < -0.39 is 4.92 Å². The highest BCUT2D eigenvalue weighted by Crippen LogP contribution is 2.26. The topological polar surface area (TPSA) is 79.0 Å². The molecule has 21 heavy (non-hydrogen) atoms. The van der Waals surface area contributed by atoms with Crippen molar-refractivity contribution in [3.05, 3.63) is 69.0 Å². The lowest BCUT2D eigenvalue weighted by Crippen LogP contribution is -2.05. The molecule has 5 nitrogen and oxygen atoms in total. The maximum atomic E-state index is 13.6. The zero-order valence-corrected chi connectivity index (χ0v) is 11.3. The lowest BCUT2D eigenvalue weighted by Gasteiger charge is -2.09. The van der Waals surface area contributed by atoms with E-state index in [0.29, 0.717) is 5.56 Å². The van der Waals surface area contributed by atoms with E-state index >= 15 is 0 Å². The second kappa shape index (κ2) is 6.01. The van der Waals surface area contributed by atoms with Gasteiger partial charge >= 0.3 is 0 Å². The zero-order chi connectivity index (χ0) is 15.4. The number of nitrogens with one attached hydrogen (secondary N) is 1. The zero-order valence-electron chi connectivity index (χ0n) is 11.3. The van der Waals surface area contributed by atoms with Gasteiger partial charge in [-0.3, -0.25) is 10.1 Å². The molecule has 0 heterocycles. The summed E-state index contributed by atoms with van der Waals surface area (Å²) in [5.74, 6) is -0.371. The van der Waals surface area contributed by atoms with Crippen molar-refractivity contribution in [2.45, 2.75) is 13.5 Å². The van der Waals surface area contributed by atoms with Crippen LogP contribution in [0.3, 0.4) is 0 Å². The predicted molar refractivity (Wildman–Crippen MR) is 76.3 cm³/mol. The highest BCUT2D eigenvalue weighted by molar-refractivity contribution is 5.64. The molecular weight excluding hydrogens is 273 g/mol. The summed E-state index contributed by atoms with van der Waals surface area (Å²) >= 11 is 0. The highest BCUT2D eigenvalue weighted by Gasteiger charge is 2.15. The van der Waals surface area contributed by atoms with Gasteiger partial charge in [0.2, 0.25) is 0 Å². The van der Waals surface area contributed by atoms with E-state index in [1.165, 1.54) is 24.3 Å². The summed E-state index contributed by atoms with van der Waals surface area (Å²) in [6.45, 7) is 1.97. The molecule has 0 atom stereocenters. The van der Waals surface area contributed by atoms with E-state index in [1.807, 2.05) is 13.0 Å². The van der Waals surface area contributed by atoms with Crippen LogP contribution >= 0.6 is 0 Å². The number of hydrogen-bond acceptors (Lipinski definition) is 4. The SMILES string of the molecule is Cc1ccc(F)c(CNc2ccc(C#N)cc2[N+](=O)[O-])c1. The first kappa shape index (κ1) is 14.5. The van der Waals surface area contributed by atoms with Crippen LogP contribution in [0.2, 0.25) is 0 Å². The van der Waals surface area contributed by atoms with Crippen LogP contribution in [-0.2, 0) is 6.54 Å². The lowest BCUT2D eigenvalue weighted by molar-refractivity contribution is -0.384. The summed E-state index contributed by atoms with van der Waals surface area (Å²) in [5, 5.41) is 22.6. The number of aryl methyl sites for hydroxylation is 1. The van der Waals surface area contributed by atoms with Crippen molar-refractivity contribution in [3.63, 3.8) is 0 Å². The van der Waals surface area contributed by atoms with Gasteiger partial charge in [-0.05, 0) is 25.1 Å². The Labute approximate surface area is 120 Å². The molecule has 0 fully saturated rings. The van der Waals surface area contributed by atoms with E-state index in [-0.39, 0.29) is 29.3 Å². The van der Waals surface area contributed by atoms with Crippen LogP contribution in [0.15, 0.2) is 36.4 Å². The molecule has 2 rings (SSSR count). The Kier molecular flexibility index (Phi) is 4.14. The number of anilines is 1. The standard InChI is InChI=1S/C15H12FN3O2/c1-10-2-4-13(16)12(6-10)9-18-14-5-3-11(8-17)7-15(14)19(20)21/h2-7,18H,9H2,1H3. The van der Waals surface area contributed by atoms with Crippen LogP contribution < -0.4 is 5.32 Å². The average molecular weight is 285 g/mol. The van der Waals surface area contributed by atoms with Crippen LogP contribution in [-0.4, -0.2) is 4.92 Å². The van der Waals surface area contributed by atoms with Gasteiger partial charge in [-0.25, -0.2) is 4.39 Å². The third-order valence-corrected chi connectivity index (χ3v) is 2.99. The summed E-state index contributed by atoms with van der Waals surface area (Å²) in [6, 6.07) is 10.7. The Balaban J connectivity index is 2.26. The average Bonchev–Trinajstić information content (AvgIpc) is 2.48. The molecule has 0 spiro atoms. The first-order valence-electron chi connectivity index (χ1n) is 6.18. The maximum Gasteiger partial charge on any atom is 0.293 e. The third kappa shape index (κ3) is 3.34. The minimum Gasteiger partial charge on any atom is -0.375 e. The fraction of sp³-hybridized carbons (Fsp3) is 0.133. The summed E-state index contributed by atoms with van der Waals surface area (Å²) in [7, 11) is 0. The molecule has 0 radical (unpaired) electrons. The van der Waals surface area contributed by atoms with Crippen LogP contribution in [0.1, 0.15) is 16.7 Å². The first-order chi connectivity index (χ1) is 10.0. The second-order valence-electron chi connectivity index (χ2n) is 4.55. The fourth-order valence-corrected chi connectivity index (χ4v) is 1.93. The molecule has 6 heteroatoms. The number of halogens is 1. The molecule has 0 unspecified atom stereocenters. The Hall–Kier alpha value is -2.94. The second-order valence-corrected chi connectivity index (χ2v) is 4.55. The molecule has 0 saturated carbocycles. The fourth-order valence-electron chi connectivity index (χ4n) is 1.93. The molecule has 0 aromatic heterocycles. The van der Waals surface area contributed by atoms with Gasteiger partial charge in [0, 0.05) is 18.2 Å². The Morgan fingerprint density at radius 3 is 2.76 bits per heavy atom. The van der Waals surface area contributed by atoms with Crippen LogP contribution in [0, 0.1) is 34.2 Å². The molecule has 2 aromatic carbocycles. The van der Waals surface area contributed by atoms with Gasteiger partial charge in [-0.1, -0.05) is 17.7 Å². The van der Waals surface area contributed by atoms with Crippen molar-refractivity contribution in [1.29, 1.82) is 5.26 Å². The van der Waals surface area contributed by atoms with E-state index in [0.717, 1.165) is 5.56 Å². The smallest absolute Gasteiger partial charge is 0.293 e. The Morgan fingerprint density at radius 1 is 1.33 bits per heavy atom. The molecule has 0 saturated heterocycles. The maximum absolute atomic E-state index is 13.6. The predicted octanol–water partition coefficient (Wildman–Crippen LogP) is 3.53. The largest absolute Gasteiger partial charge is 0.375 e. The number of benzene rings is 2. The van der Waals surface area contributed by atoms with Crippen LogP contribution in [0.5, 0.6) is 0 Å². The van der Waals surface area contributed by atoms with Gasteiger partial charge in [-0.2, -0.15) is 5.26 Å². The molecule has 0 amide bonds.